The predicted molar refractivity (Wildman–Crippen MR) is 76.0 cm³/mol. The number of aromatic amines is 1. The van der Waals surface area contributed by atoms with E-state index in [-0.39, 0.29) is 73.7 Å². The number of nitro benzene ring substituents is 1. The predicted octanol–water partition coefficient (Wildman–Crippen LogP) is -2.94. The van der Waals surface area contributed by atoms with E-state index in [0.29, 0.717) is 0 Å². The van der Waals surface area contributed by atoms with Crippen LogP contribution in [0.1, 0.15) is 0 Å². The van der Waals surface area contributed by atoms with Gasteiger partial charge in [-0.05, 0) is 11.3 Å². The van der Waals surface area contributed by atoms with Gasteiger partial charge in [0.1, 0.15) is 16.5 Å². The summed E-state index contributed by atoms with van der Waals surface area (Å²) in [5.74, 6) is -1.82. The first-order chi connectivity index (χ1) is 11.7. The third-order valence-electron chi connectivity index (χ3n) is 2.74. The Bertz CT molecular complexity index is 1010. The molecule has 0 radical (unpaired) electrons. The van der Waals surface area contributed by atoms with E-state index < -0.39 is 32.8 Å². The SMILES string of the molecule is O=[N+]([O-])[O-].O=c1oc2cc(O)c(O)c([N+](=O)[O-])c2cc1-c1nn[nH]n1.[K+]. The Balaban J connectivity index is 0.000000616. The zero-order valence-corrected chi connectivity index (χ0v) is 15.8. The molecule has 3 N–H and O–H groups in total. The fraction of sp³-hybridized carbons (Fsp3) is 0. The maximum atomic E-state index is 11.8. The molecule has 0 fully saturated rings. The zero-order valence-electron chi connectivity index (χ0n) is 12.6. The molecule has 0 aliphatic carbocycles. The van der Waals surface area contributed by atoms with E-state index in [2.05, 4.69) is 20.6 Å². The second-order valence-electron chi connectivity index (χ2n) is 4.17. The van der Waals surface area contributed by atoms with Gasteiger partial charge in [0.05, 0.1) is 10.0 Å². The van der Waals surface area contributed by atoms with E-state index in [9.17, 15) is 25.1 Å². The minimum Gasteiger partial charge on any atom is -0.504 e. The maximum absolute atomic E-state index is 11.8. The third kappa shape index (κ3) is 4.49. The van der Waals surface area contributed by atoms with Crippen LogP contribution in [0.5, 0.6) is 11.5 Å². The summed E-state index contributed by atoms with van der Waals surface area (Å²) in [5, 5.41) is 57.2. The Hall–Kier alpha value is -2.66. The van der Waals surface area contributed by atoms with Gasteiger partial charge in [0.2, 0.25) is 11.6 Å². The zero-order chi connectivity index (χ0) is 18.7. The minimum absolute atomic E-state index is 0. The topological polar surface area (TPSA) is 234 Å². The number of nitrogens with one attached hydrogen (secondary N) is 1. The van der Waals surface area contributed by atoms with Crippen LogP contribution < -0.4 is 57.0 Å². The molecule has 0 spiro atoms. The van der Waals surface area contributed by atoms with Crippen molar-refractivity contribution in [2.45, 2.75) is 0 Å². The number of rotatable bonds is 2. The van der Waals surface area contributed by atoms with Crippen molar-refractivity contribution in [2.24, 2.45) is 0 Å². The Kier molecular flexibility index (Phi) is 7.09. The molecule has 0 unspecified atom stereocenters. The van der Waals surface area contributed by atoms with Crippen LogP contribution in [0, 0.1) is 25.4 Å². The van der Waals surface area contributed by atoms with E-state index >= 15 is 0 Å². The average Bonchev–Trinajstić information content (AvgIpc) is 3.01. The van der Waals surface area contributed by atoms with Crippen molar-refractivity contribution in [3.8, 4) is 22.9 Å². The molecule has 3 rings (SSSR count). The fourth-order valence-corrected chi connectivity index (χ4v) is 1.83. The summed E-state index contributed by atoms with van der Waals surface area (Å²) < 4.78 is 4.89. The molecule has 0 amide bonds. The monoisotopic (exact) mass is 392 g/mol. The molecule has 2 heterocycles. The Morgan fingerprint density at radius 3 is 2.27 bits per heavy atom. The molecular weight excluding hydrogens is 387 g/mol. The molecule has 0 atom stereocenters. The summed E-state index contributed by atoms with van der Waals surface area (Å²) in [6, 6.07) is 1.99. The van der Waals surface area contributed by atoms with Crippen LogP contribution in [0.2, 0.25) is 0 Å². The van der Waals surface area contributed by atoms with Crippen LogP contribution in [0.15, 0.2) is 21.3 Å². The number of aromatic nitrogens is 4. The molecule has 15 nitrogen and oxygen atoms in total. The van der Waals surface area contributed by atoms with E-state index in [1.54, 1.807) is 0 Å². The number of nitrogens with zero attached hydrogens (tertiary/aromatic N) is 5. The number of phenols is 2. The summed E-state index contributed by atoms with van der Waals surface area (Å²) in [5.41, 5.74) is -2.10. The Labute approximate surface area is 182 Å². The van der Waals surface area contributed by atoms with Crippen LogP contribution >= 0.6 is 0 Å². The fourth-order valence-electron chi connectivity index (χ4n) is 1.83. The number of benzene rings is 1. The van der Waals surface area contributed by atoms with Crippen molar-refractivity contribution in [1.82, 2.24) is 20.6 Å². The number of phenolic OH excluding ortho intramolecular Hbond substituents is 2. The van der Waals surface area contributed by atoms with Crippen molar-refractivity contribution in [1.29, 1.82) is 0 Å². The van der Waals surface area contributed by atoms with Gasteiger partial charge in [0, 0.05) is 6.07 Å². The quantitative estimate of drug-likeness (QED) is 0.130. The Morgan fingerprint density at radius 1 is 1.15 bits per heavy atom. The molecule has 3 aromatic rings. The van der Waals surface area contributed by atoms with Gasteiger partial charge in [0.25, 0.3) is 0 Å². The van der Waals surface area contributed by atoms with Crippen LogP contribution in [0.25, 0.3) is 22.4 Å². The largest absolute Gasteiger partial charge is 1.00 e. The van der Waals surface area contributed by atoms with Gasteiger partial charge in [-0.15, -0.1) is 10.2 Å². The molecule has 0 bridgehead atoms. The van der Waals surface area contributed by atoms with Gasteiger partial charge in [-0.25, -0.2) is 4.79 Å². The molecule has 0 aliphatic heterocycles. The van der Waals surface area contributed by atoms with Gasteiger partial charge in [-0.2, -0.15) is 5.21 Å². The number of hydrogen-bond acceptors (Lipinski definition) is 12. The Morgan fingerprint density at radius 2 is 1.77 bits per heavy atom. The number of H-pyrrole nitrogens is 1. The maximum Gasteiger partial charge on any atom is 1.00 e. The summed E-state index contributed by atoms with van der Waals surface area (Å²) in [4.78, 5) is 30.2. The van der Waals surface area contributed by atoms with E-state index in [4.69, 9.17) is 19.7 Å². The van der Waals surface area contributed by atoms with Crippen molar-refractivity contribution >= 4 is 16.7 Å². The molecule has 0 aliphatic rings. The van der Waals surface area contributed by atoms with Crippen molar-refractivity contribution in [3.05, 3.63) is 48.0 Å². The molecule has 26 heavy (non-hydrogen) atoms. The van der Waals surface area contributed by atoms with Crippen LogP contribution in [-0.4, -0.2) is 40.8 Å². The molecule has 130 valence electrons. The second-order valence-corrected chi connectivity index (χ2v) is 4.17. The van der Waals surface area contributed by atoms with Gasteiger partial charge in [-0.3, -0.25) is 10.1 Å². The standard InChI is InChI=1S/C10H5N5O6.K.NO3/c16-5-2-6-3(7(8(5)17)15(19)20)1-4(10(18)21-6)9-11-13-14-12-9;;2-1(3)4/h1-2,16-17H,(H,11,12,13,14);;/q;+1;-1. The molecule has 16 heteroatoms. The van der Waals surface area contributed by atoms with Gasteiger partial charge < -0.3 is 30.0 Å². The number of hydrogen-bond donors (Lipinski definition) is 3. The second kappa shape index (κ2) is 8.62. The van der Waals surface area contributed by atoms with E-state index in [0.717, 1.165) is 12.1 Å². The van der Waals surface area contributed by atoms with Crippen LogP contribution in [0.3, 0.4) is 0 Å². The van der Waals surface area contributed by atoms with Gasteiger partial charge >= 0.3 is 62.7 Å². The normalized spacial score (nSPS) is 9.69. The van der Waals surface area contributed by atoms with E-state index in [1.165, 1.54) is 0 Å². The molecule has 0 saturated carbocycles. The summed E-state index contributed by atoms with van der Waals surface area (Å²) in [7, 11) is 0. The van der Waals surface area contributed by atoms with E-state index in [1.807, 2.05) is 0 Å². The smallest absolute Gasteiger partial charge is 0.504 e. The summed E-state index contributed by atoms with van der Waals surface area (Å²) >= 11 is 0. The first-order valence-electron chi connectivity index (χ1n) is 5.95. The molecule has 2 aromatic heterocycles. The molecule has 1 aromatic carbocycles. The average molecular weight is 392 g/mol. The third-order valence-corrected chi connectivity index (χ3v) is 2.74. The van der Waals surface area contributed by atoms with Gasteiger partial charge in [-0.1, -0.05) is 0 Å². The van der Waals surface area contributed by atoms with Gasteiger partial charge in [0.15, 0.2) is 5.75 Å². The first-order valence-corrected chi connectivity index (χ1v) is 5.95. The minimum atomic E-state index is -1.75. The molecule has 0 saturated heterocycles. The van der Waals surface area contributed by atoms with Crippen molar-refractivity contribution < 1.29 is 76.0 Å². The summed E-state index contributed by atoms with van der Waals surface area (Å²) in [6.07, 6.45) is 0. The first kappa shape index (κ1) is 21.4. The van der Waals surface area contributed by atoms with Crippen molar-refractivity contribution in [3.63, 3.8) is 0 Å². The number of nitro groups is 1. The molecular formula is C10H5KN6O9. The number of fused-ring (bicyclic) bond motifs is 1. The van der Waals surface area contributed by atoms with Crippen LogP contribution in [0.4, 0.5) is 5.69 Å². The summed E-state index contributed by atoms with van der Waals surface area (Å²) in [6.45, 7) is 0. The number of tetrazole rings is 1. The number of aromatic hydroxyl groups is 2. The van der Waals surface area contributed by atoms with Crippen molar-refractivity contribution in [2.75, 3.05) is 0 Å². The van der Waals surface area contributed by atoms with Crippen LogP contribution in [-0.2, 0) is 0 Å².